The van der Waals surface area contributed by atoms with Crippen molar-refractivity contribution >= 4 is 26.8 Å². The topological polar surface area (TPSA) is 97.9 Å². The van der Waals surface area contributed by atoms with Crippen molar-refractivity contribution in [2.75, 3.05) is 34.8 Å². The van der Waals surface area contributed by atoms with Crippen LogP contribution in [0, 0.1) is 0 Å². The lowest BCUT2D eigenvalue weighted by atomic mass is 10.0. The molecule has 1 aliphatic rings. The number of primary amides is 1. The summed E-state index contributed by atoms with van der Waals surface area (Å²) in [7, 11) is 2.81. The first-order chi connectivity index (χ1) is 14.6. The maximum Gasteiger partial charge on any atom is 0.248 e. The average Bonchev–Trinajstić information content (AvgIpc) is 3.07. The number of likely N-dealkylation sites (N-methyl/N-ethyl adjacent to an activating group) is 1. The monoisotopic (exact) mass is 442 g/mol. The second-order valence-corrected chi connectivity index (χ2v) is 10.1. The van der Waals surface area contributed by atoms with Gasteiger partial charge in [-0.1, -0.05) is 6.07 Å². The number of carbonyl (C=O) groups excluding carboxylic acids is 1. The predicted octanol–water partition coefficient (Wildman–Crippen LogP) is 2.11. The minimum atomic E-state index is -3.75. The van der Waals surface area contributed by atoms with Crippen LogP contribution >= 0.6 is 0 Å². The Balaban J connectivity index is 2.12. The quantitative estimate of drug-likeness (QED) is 0.667. The van der Waals surface area contributed by atoms with Crippen molar-refractivity contribution in [2.45, 2.75) is 18.0 Å². The molecule has 0 aliphatic carbocycles. The molecule has 1 aliphatic heterocycles. The highest BCUT2D eigenvalue weighted by molar-refractivity contribution is 7.89. The molecule has 2 aromatic carbocycles. The zero-order valence-electron chi connectivity index (χ0n) is 18.0. The standard InChI is InChI=1S/C22H26N4O4S/c1-24(2)31(28,29)20-12-17(30-4)9-16-13-25(3)7-8-26-18-11-15(22(23)27)6-5-14(18)10-19(26)21(16)20/h5-6,9-12H,7-8,13H2,1-4H3,(H2,23,27). The Labute approximate surface area is 181 Å². The van der Waals surface area contributed by atoms with Crippen LogP contribution in [0.4, 0.5) is 0 Å². The Hall–Kier alpha value is -2.88. The minimum Gasteiger partial charge on any atom is -0.497 e. The molecule has 1 aromatic heterocycles. The number of rotatable bonds is 4. The summed E-state index contributed by atoms with van der Waals surface area (Å²) in [5.41, 5.74) is 9.06. The van der Waals surface area contributed by atoms with Crippen LogP contribution in [-0.4, -0.2) is 62.9 Å². The lowest BCUT2D eigenvalue weighted by molar-refractivity contribution is 0.100. The van der Waals surface area contributed by atoms with Crippen LogP contribution in [0.2, 0.25) is 0 Å². The van der Waals surface area contributed by atoms with Crippen LogP contribution in [0.1, 0.15) is 15.9 Å². The number of aromatic nitrogens is 1. The number of sulfonamides is 1. The van der Waals surface area contributed by atoms with Gasteiger partial charge in [0.1, 0.15) is 5.75 Å². The Morgan fingerprint density at radius 1 is 1.13 bits per heavy atom. The van der Waals surface area contributed by atoms with Crippen LogP contribution in [0.5, 0.6) is 5.75 Å². The van der Waals surface area contributed by atoms with Crippen molar-refractivity contribution in [1.82, 2.24) is 13.8 Å². The summed E-state index contributed by atoms with van der Waals surface area (Å²) in [6.45, 7) is 1.98. The molecule has 0 bridgehead atoms. The molecule has 2 heterocycles. The van der Waals surface area contributed by atoms with Gasteiger partial charge in [0.15, 0.2) is 0 Å². The van der Waals surface area contributed by atoms with E-state index in [0.717, 1.165) is 28.7 Å². The molecule has 1 amide bonds. The summed E-state index contributed by atoms with van der Waals surface area (Å²) < 4.78 is 35.3. The second-order valence-electron chi connectivity index (χ2n) is 8.00. The number of carbonyl (C=O) groups is 1. The van der Waals surface area contributed by atoms with Gasteiger partial charge in [-0.25, -0.2) is 12.7 Å². The Kier molecular flexibility index (Phi) is 5.28. The molecule has 0 saturated heterocycles. The van der Waals surface area contributed by atoms with Crippen LogP contribution in [-0.2, 0) is 23.1 Å². The van der Waals surface area contributed by atoms with Gasteiger partial charge in [0, 0.05) is 61.8 Å². The molecule has 8 nitrogen and oxygen atoms in total. The third-order valence-corrected chi connectivity index (χ3v) is 7.58. The van der Waals surface area contributed by atoms with E-state index in [-0.39, 0.29) is 4.90 Å². The van der Waals surface area contributed by atoms with Crippen molar-refractivity contribution < 1.29 is 17.9 Å². The minimum absolute atomic E-state index is 0.196. The molecule has 0 saturated carbocycles. The van der Waals surface area contributed by atoms with E-state index >= 15 is 0 Å². The Morgan fingerprint density at radius 3 is 2.52 bits per heavy atom. The first kappa shape index (κ1) is 21.4. The van der Waals surface area contributed by atoms with E-state index in [1.54, 1.807) is 18.2 Å². The van der Waals surface area contributed by atoms with Crippen molar-refractivity contribution in [3.63, 3.8) is 0 Å². The summed E-state index contributed by atoms with van der Waals surface area (Å²) in [6.07, 6.45) is 0. The molecule has 0 radical (unpaired) electrons. The molecular formula is C22H26N4O4S. The van der Waals surface area contributed by atoms with Crippen LogP contribution in [0.25, 0.3) is 22.2 Å². The van der Waals surface area contributed by atoms with E-state index in [2.05, 4.69) is 9.47 Å². The van der Waals surface area contributed by atoms with Crippen molar-refractivity contribution in [3.05, 3.63) is 47.5 Å². The number of benzene rings is 2. The number of hydrogen-bond acceptors (Lipinski definition) is 5. The lowest BCUT2D eigenvalue weighted by Crippen LogP contribution is -2.28. The van der Waals surface area contributed by atoms with E-state index < -0.39 is 15.9 Å². The first-order valence-electron chi connectivity index (χ1n) is 9.89. The highest BCUT2D eigenvalue weighted by Gasteiger charge is 2.29. The van der Waals surface area contributed by atoms with E-state index in [9.17, 15) is 13.2 Å². The number of nitrogens with zero attached hydrogens (tertiary/aromatic N) is 3. The number of ether oxygens (including phenoxy) is 1. The van der Waals surface area contributed by atoms with Gasteiger partial charge in [0.05, 0.1) is 17.7 Å². The van der Waals surface area contributed by atoms with Gasteiger partial charge in [0.2, 0.25) is 15.9 Å². The zero-order valence-corrected chi connectivity index (χ0v) is 18.9. The number of amides is 1. The fourth-order valence-corrected chi connectivity index (χ4v) is 5.23. The average molecular weight is 443 g/mol. The molecule has 3 aromatic rings. The summed E-state index contributed by atoms with van der Waals surface area (Å²) >= 11 is 0. The van der Waals surface area contributed by atoms with Crippen LogP contribution in [0.3, 0.4) is 0 Å². The molecule has 0 spiro atoms. The molecule has 4 rings (SSSR count). The highest BCUT2D eigenvalue weighted by atomic mass is 32.2. The van der Waals surface area contributed by atoms with Gasteiger partial charge in [-0.3, -0.25) is 4.79 Å². The summed E-state index contributed by atoms with van der Waals surface area (Å²) in [4.78, 5) is 14.1. The Morgan fingerprint density at radius 2 is 1.87 bits per heavy atom. The molecule has 31 heavy (non-hydrogen) atoms. The first-order valence-corrected chi connectivity index (χ1v) is 11.3. The number of fused-ring (bicyclic) bond motifs is 5. The van der Waals surface area contributed by atoms with E-state index in [1.165, 1.54) is 25.5 Å². The molecule has 2 N–H and O–H groups in total. The maximum absolute atomic E-state index is 13.3. The SMILES string of the molecule is COc1cc2c(c(S(=O)(=O)N(C)C)c1)-c1cc3ccc(C(N)=O)cc3n1CCN(C)C2. The largest absolute Gasteiger partial charge is 0.497 e. The second kappa shape index (κ2) is 7.67. The van der Waals surface area contributed by atoms with Crippen LogP contribution in [0.15, 0.2) is 41.3 Å². The number of nitrogens with two attached hydrogens (primary N) is 1. The van der Waals surface area contributed by atoms with Crippen molar-refractivity contribution in [1.29, 1.82) is 0 Å². The fraction of sp³-hybridized carbons (Fsp3) is 0.318. The number of methoxy groups -OCH3 is 1. The van der Waals surface area contributed by atoms with Crippen molar-refractivity contribution in [3.8, 4) is 17.0 Å². The third kappa shape index (κ3) is 3.58. The predicted molar refractivity (Wildman–Crippen MR) is 120 cm³/mol. The Bertz CT molecular complexity index is 1290. The molecule has 9 heteroatoms. The molecule has 0 fully saturated rings. The van der Waals surface area contributed by atoms with Crippen molar-refractivity contribution in [2.24, 2.45) is 5.73 Å². The lowest BCUT2D eigenvalue weighted by Gasteiger charge is -2.27. The molecular weight excluding hydrogens is 416 g/mol. The molecule has 0 atom stereocenters. The molecule has 164 valence electrons. The smallest absolute Gasteiger partial charge is 0.248 e. The van der Waals surface area contributed by atoms with Gasteiger partial charge in [-0.05, 0) is 36.9 Å². The molecule has 0 unspecified atom stereocenters. The fourth-order valence-electron chi connectivity index (χ4n) is 4.07. The number of hydrogen-bond donors (Lipinski definition) is 1. The van der Waals surface area contributed by atoms with E-state index in [1.807, 2.05) is 25.2 Å². The third-order valence-electron chi connectivity index (χ3n) is 5.74. The highest BCUT2D eigenvalue weighted by Crippen LogP contribution is 2.40. The van der Waals surface area contributed by atoms with Crippen LogP contribution < -0.4 is 10.5 Å². The maximum atomic E-state index is 13.3. The van der Waals surface area contributed by atoms with E-state index in [0.29, 0.717) is 30.0 Å². The van der Waals surface area contributed by atoms with Gasteiger partial charge >= 0.3 is 0 Å². The van der Waals surface area contributed by atoms with Gasteiger partial charge < -0.3 is 19.9 Å². The zero-order chi connectivity index (χ0) is 22.5. The summed E-state index contributed by atoms with van der Waals surface area (Å²) in [6, 6.07) is 10.8. The van der Waals surface area contributed by atoms with Gasteiger partial charge in [0.25, 0.3) is 0 Å². The summed E-state index contributed by atoms with van der Waals surface area (Å²) in [5.74, 6) is -0.00625. The normalized spacial score (nSPS) is 14.7. The van der Waals surface area contributed by atoms with Gasteiger partial charge in [-0.2, -0.15) is 0 Å². The summed E-state index contributed by atoms with van der Waals surface area (Å²) in [5, 5.41) is 0.916. The van der Waals surface area contributed by atoms with Gasteiger partial charge in [-0.15, -0.1) is 0 Å². The van der Waals surface area contributed by atoms with E-state index in [4.69, 9.17) is 10.5 Å².